The number of hydrogen-bond donors (Lipinski definition) is 0. The molecule has 0 saturated heterocycles. The molecule has 0 N–H and O–H groups in total. The van der Waals surface area contributed by atoms with Crippen molar-refractivity contribution in [3.63, 3.8) is 0 Å². The maximum absolute atomic E-state index is 12.8. The zero-order valence-corrected chi connectivity index (χ0v) is 42.5. The quantitative estimate of drug-likeness (QED) is 0.0344. The lowest BCUT2D eigenvalue weighted by Crippen LogP contribution is -2.30. The lowest BCUT2D eigenvalue weighted by Gasteiger charge is -2.18. The van der Waals surface area contributed by atoms with Crippen LogP contribution < -0.4 is 0 Å². The van der Waals surface area contributed by atoms with Gasteiger partial charge in [-0.1, -0.05) is 272 Å². The van der Waals surface area contributed by atoms with Crippen LogP contribution in [0.25, 0.3) is 0 Å². The zero-order valence-electron chi connectivity index (χ0n) is 42.5. The van der Waals surface area contributed by atoms with E-state index in [1.165, 1.54) is 199 Å². The van der Waals surface area contributed by atoms with Crippen molar-refractivity contribution >= 4 is 17.9 Å². The molecule has 0 aliphatic heterocycles. The average Bonchev–Trinajstić information content (AvgIpc) is 3.26. The van der Waals surface area contributed by atoms with E-state index in [-0.39, 0.29) is 31.1 Å². The fourth-order valence-electron chi connectivity index (χ4n) is 8.49. The molecular weight excluding hydrogens is 769 g/mol. The molecule has 0 bridgehead atoms. The predicted octanol–water partition coefficient (Wildman–Crippen LogP) is 18.1. The monoisotopic (exact) mass is 877 g/mol. The summed E-state index contributed by atoms with van der Waals surface area (Å²) in [6.07, 6.45) is 50.9. The molecule has 6 nitrogen and oxygen atoms in total. The van der Waals surface area contributed by atoms with Gasteiger partial charge in [-0.05, 0) is 31.1 Å². The van der Waals surface area contributed by atoms with E-state index in [1.54, 1.807) is 0 Å². The van der Waals surface area contributed by atoms with Gasteiger partial charge in [0.15, 0.2) is 6.10 Å². The van der Waals surface area contributed by atoms with Gasteiger partial charge in [-0.25, -0.2) is 0 Å². The van der Waals surface area contributed by atoms with Crippen molar-refractivity contribution < 1.29 is 28.6 Å². The van der Waals surface area contributed by atoms with Gasteiger partial charge in [0.1, 0.15) is 13.2 Å². The first-order valence-corrected chi connectivity index (χ1v) is 27.8. The number of ether oxygens (including phenoxy) is 3. The van der Waals surface area contributed by atoms with Gasteiger partial charge in [0.25, 0.3) is 0 Å². The summed E-state index contributed by atoms with van der Waals surface area (Å²) in [6.45, 7) is 11.4. The van der Waals surface area contributed by atoms with E-state index < -0.39 is 6.10 Å². The molecule has 368 valence electrons. The van der Waals surface area contributed by atoms with Crippen molar-refractivity contribution in [2.24, 2.45) is 11.8 Å². The molecule has 0 fully saturated rings. The van der Waals surface area contributed by atoms with Gasteiger partial charge in [-0.2, -0.15) is 0 Å². The Hall–Kier alpha value is -1.59. The number of unbranched alkanes of at least 4 members (excludes halogenated alkanes) is 34. The molecule has 0 radical (unpaired) electrons. The highest BCUT2D eigenvalue weighted by Gasteiger charge is 2.19. The van der Waals surface area contributed by atoms with E-state index in [2.05, 4.69) is 34.6 Å². The molecule has 0 aromatic heterocycles. The number of hydrogen-bond acceptors (Lipinski definition) is 6. The molecule has 0 heterocycles. The molecule has 2 atom stereocenters. The summed E-state index contributed by atoms with van der Waals surface area (Å²) in [4.78, 5) is 38.0. The van der Waals surface area contributed by atoms with Crippen LogP contribution in [-0.4, -0.2) is 37.2 Å². The Morgan fingerprint density at radius 1 is 0.339 bits per heavy atom. The Morgan fingerprint density at radius 2 is 0.613 bits per heavy atom. The average molecular weight is 877 g/mol. The standard InChI is InChI=1S/C56H108O6/c1-6-8-9-10-11-12-21-25-31-36-41-46-54(57)60-49-53(62-56(59)48-43-38-33-28-27-30-35-40-45-52(5)7-2)50-61-55(58)47-42-37-32-26-23-20-18-16-14-13-15-17-19-22-24-29-34-39-44-51(3)4/h51-53H,6-50H2,1-5H3/t52?,53-/m0/s1. The van der Waals surface area contributed by atoms with Crippen LogP contribution in [0.5, 0.6) is 0 Å². The van der Waals surface area contributed by atoms with Crippen molar-refractivity contribution in [2.45, 2.75) is 317 Å². The molecule has 0 aromatic rings. The van der Waals surface area contributed by atoms with E-state index in [9.17, 15) is 14.4 Å². The van der Waals surface area contributed by atoms with Gasteiger partial charge in [0.05, 0.1) is 0 Å². The molecule has 0 aliphatic rings. The minimum Gasteiger partial charge on any atom is -0.462 e. The maximum atomic E-state index is 12.8. The van der Waals surface area contributed by atoms with Gasteiger partial charge in [-0.3, -0.25) is 14.4 Å². The largest absolute Gasteiger partial charge is 0.462 e. The molecule has 6 heteroatoms. The van der Waals surface area contributed by atoms with Gasteiger partial charge < -0.3 is 14.2 Å². The van der Waals surface area contributed by atoms with Crippen LogP contribution >= 0.6 is 0 Å². The third kappa shape index (κ3) is 47.9. The summed E-state index contributed by atoms with van der Waals surface area (Å²) in [5.41, 5.74) is 0. The molecule has 0 amide bonds. The van der Waals surface area contributed by atoms with Crippen molar-refractivity contribution in [1.29, 1.82) is 0 Å². The Balaban J connectivity index is 4.21. The Kier molecular flexibility index (Phi) is 47.6. The summed E-state index contributed by atoms with van der Waals surface area (Å²) in [5.74, 6) is 0.858. The van der Waals surface area contributed by atoms with E-state index in [1.807, 2.05) is 0 Å². The topological polar surface area (TPSA) is 78.9 Å². The first-order chi connectivity index (χ1) is 30.3. The van der Waals surface area contributed by atoms with Crippen molar-refractivity contribution in [1.82, 2.24) is 0 Å². The first kappa shape index (κ1) is 60.4. The highest BCUT2D eigenvalue weighted by Crippen LogP contribution is 2.18. The third-order valence-electron chi connectivity index (χ3n) is 13.1. The van der Waals surface area contributed by atoms with Gasteiger partial charge in [0.2, 0.25) is 0 Å². The van der Waals surface area contributed by atoms with Crippen LogP contribution in [0.4, 0.5) is 0 Å². The summed E-state index contributed by atoms with van der Waals surface area (Å²) in [5, 5.41) is 0. The molecule has 62 heavy (non-hydrogen) atoms. The minimum atomic E-state index is -0.762. The third-order valence-corrected chi connectivity index (χ3v) is 13.1. The normalized spacial score (nSPS) is 12.5. The molecule has 0 spiro atoms. The second-order valence-electron chi connectivity index (χ2n) is 19.9. The van der Waals surface area contributed by atoms with Crippen molar-refractivity contribution in [3.05, 3.63) is 0 Å². The van der Waals surface area contributed by atoms with Crippen LogP contribution in [0.1, 0.15) is 311 Å². The van der Waals surface area contributed by atoms with Crippen LogP contribution in [0.2, 0.25) is 0 Å². The van der Waals surface area contributed by atoms with E-state index >= 15 is 0 Å². The first-order valence-electron chi connectivity index (χ1n) is 27.8. The molecule has 0 rings (SSSR count). The lowest BCUT2D eigenvalue weighted by molar-refractivity contribution is -0.167. The van der Waals surface area contributed by atoms with Gasteiger partial charge in [-0.15, -0.1) is 0 Å². The number of esters is 3. The smallest absolute Gasteiger partial charge is 0.306 e. The molecule has 0 saturated carbocycles. The fraction of sp³-hybridized carbons (Fsp3) is 0.946. The lowest BCUT2D eigenvalue weighted by atomic mass is 9.99. The molecule has 0 aromatic carbocycles. The summed E-state index contributed by atoms with van der Waals surface area (Å²) >= 11 is 0. The van der Waals surface area contributed by atoms with Crippen LogP contribution in [-0.2, 0) is 28.6 Å². The molecular formula is C56H108O6. The summed E-state index contributed by atoms with van der Waals surface area (Å²) in [6, 6.07) is 0. The zero-order chi connectivity index (χ0) is 45.4. The van der Waals surface area contributed by atoms with Crippen LogP contribution in [0.15, 0.2) is 0 Å². The second-order valence-corrected chi connectivity index (χ2v) is 19.9. The Labute approximate surface area is 387 Å². The number of carbonyl (C=O) groups excluding carboxylic acids is 3. The van der Waals surface area contributed by atoms with Crippen molar-refractivity contribution in [3.8, 4) is 0 Å². The SMILES string of the molecule is CCCCCCCCCCCCCC(=O)OC[C@@H](COC(=O)CCCCCCCCCCCCCCCCCCCCC(C)C)OC(=O)CCCCCCCCCCC(C)CC. The number of rotatable bonds is 50. The second kappa shape index (κ2) is 48.9. The summed E-state index contributed by atoms with van der Waals surface area (Å²) in [7, 11) is 0. The number of carbonyl (C=O) groups is 3. The van der Waals surface area contributed by atoms with Crippen LogP contribution in [0, 0.1) is 11.8 Å². The maximum Gasteiger partial charge on any atom is 0.306 e. The van der Waals surface area contributed by atoms with Crippen molar-refractivity contribution in [2.75, 3.05) is 13.2 Å². The van der Waals surface area contributed by atoms with Gasteiger partial charge >= 0.3 is 17.9 Å². The van der Waals surface area contributed by atoms with Crippen LogP contribution in [0.3, 0.4) is 0 Å². The minimum absolute atomic E-state index is 0.0635. The Morgan fingerprint density at radius 3 is 0.919 bits per heavy atom. The summed E-state index contributed by atoms with van der Waals surface area (Å²) < 4.78 is 16.8. The fourth-order valence-corrected chi connectivity index (χ4v) is 8.49. The molecule has 1 unspecified atom stereocenters. The van der Waals surface area contributed by atoms with E-state index in [0.29, 0.717) is 19.3 Å². The van der Waals surface area contributed by atoms with E-state index in [4.69, 9.17) is 14.2 Å². The highest BCUT2D eigenvalue weighted by atomic mass is 16.6. The van der Waals surface area contributed by atoms with Gasteiger partial charge in [0, 0.05) is 19.3 Å². The molecule has 0 aliphatic carbocycles. The Bertz CT molecular complexity index is 949. The highest BCUT2D eigenvalue weighted by molar-refractivity contribution is 5.71. The van der Waals surface area contributed by atoms with E-state index in [0.717, 1.165) is 69.6 Å². The predicted molar refractivity (Wildman–Crippen MR) is 266 cm³/mol.